The molecule has 1 nitrogen and oxygen atoms in total. The molecule has 0 rings (SSSR count). The smallest absolute Gasteiger partial charge is 0.419 e. The lowest BCUT2D eigenvalue weighted by Gasteiger charge is -2.14. The zero-order valence-electron chi connectivity index (χ0n) is 4.88. The third-order valence-corrected chi connectivity index (χ3v) is 0.717. The van der Waals surface area contributed by atoms with Crippen LogP contribution >= 0.6 is 15.9 Å². The fourth-order valence-electron chi connectivity index (χ4n) is 0.198. The summed E-state index contributed by atoms with van der Waals surface area (Å²) >= 11 is 1.56. The molecule has 0 fully saturated rings. The van der Waals surface area contributed by atoms with Crippen LogP contribution in [0.15, 0.2) is 12.3 Å². The first-order chi connectivity index (χ1) is 4.63. The Kier molecular flexibility index (Phi) is 2.87. The lowest BCUT2D eigenvalue weighted by molar-refractivity contribution is -0.196. The minimum Gasteiger partial charge on any atom is -0.419 e. The van der Waals surface area contributed by atoms with E-state index >= 15 is 0 Å². The van der Waals surface area contributed by atoms with Crippen LogP contribution in [-0.4, -0.2) is 11.2 Å². The van der Waals surface area contributed by atoms with Crippen LogP contribution in [0.2, 0.25) is 0 Å². The van der Waals surface area contributed by atoms with Crippen molar-refractivity contribution in [1.82, 2.24) is 0 Å². The number of hydrogen-bond acceptors (Lipinski definition) is 1. The van der Waals surface area contributed by atoms with Crippen LogP contribution in [0.3, 0.4) is 0 Å². The number of halogens is 6. The summed E-state index contributed by atoms with van der Waals surface area (Å²) in [5, 5.41) is -4.03. The van der Waals surface area contributed by atoms with Gasteiger partial charge in [0, 0.05) is 15.9 Å². The molecule has 11 heavy (non-hydrogen) atoms. The molecule has 0 aromatic rings. The van der Waals surface area contributed by atoms with Crippen LogP contribution in [0.4, 0.5) is 22.0 Å². The molecule has 0 radical (unpaired) electrons. The van der Waals surface area contributed by atoms with E-state index in [1.165, 1.54) is 0 Å². The van der Waals surface area contributed by atoms with E-state index in [1.807, 2.05) is 0 Å². The van der Waals surface area contributed by atoms with Crippen LogP contribution in [0.5, 0.6) is 0 Å². The van der Waals surface area contributed by atoms with Gasteiger partial charge in [0.05, 0.1) is 0 Å². The fraction of sp³-hybridized carbons (Fsp3) is 0.500. The number of allylic oxidation sites excluding steroid dienone is 1. The van der Waals surface area contributed by atoms with E-state index < -0.39 is 17.0 Å². The second-order valence-electron chi connectivity index (χ2n) is 1.47. The van der Waals surface area contributed by atoms with Crippen LogP contribution < -0.4 is 0 Å². The van der Waals surface area contributed by atoms with Crippen LogP contribution in [-0.2, 0) is 4.74 Å². The molecular formula is C4H2BrF5O. The lowest BCUT2D eigenvalue weighted by Crippen LogP contribution is -2.20. The molecule has 0 atom stereocenters. The molecule has 66 valence electrons. The summed E-state index contributed by atoms with van der Waals surface area (Å²) in [4.78, 5) is 0. The van der Waals surface area contributed by atoms with E-state index in [1.54, 1.807) is 15.9 Å². The van der Waals surface area contributed by atoms with E-state index in [9.17, 15) is 22.0 Å². The number of alkyl halides is 6. The highest BCUT2D eigenvalue weighted by atomic mass is 79.9. The lowest BCUT2D eigenvalue weighted by atomic mass is 10.5. The monoisotopic (exact) mass is 240 g/mol. The Morgan fingerprint density at radius 2 is 1.55 bits per heavy atom. The summed E-state index contributed by atoms with van der Waals surface area (Å²) in [5.41, 5.74) is 0. The molecule has 0 aliphatic heterocycles. The predicted molar refractivity (Wildman–Crippen MR) is 30.2 cm³/mol. The molecule has 0 bridgehead atoms. The van der Waals surface area contributed by atoms with E-state index in [-0.39, 0.29) is 0 Å². The molecular weight excluding hydrogens is 239 g/mol. The van der Waals surface area contributed by atoms with Gasteiger partial charge in [0.15, 0.2) is 0 Å². The van der Waals surface area contributed by atoms with Crippen molar-refractivity contribution in [3.63, 3.8) is 0 Å². The summed E-state index contributed by atoms with van der Waals surface area (Å²) in [5.74, 6) is -1.95. The highest BCUT2D eigenvalue weighted by Gasteiger charge is 2.40. The Morgan fingerprint density at radius 1 is 1.18 bits per heavy atom. The highest BCUT2D eigenvalue weighted by molar-refractivity contribution is 9.09. The first-order valence-corrected chi connectivity index (χ1v) is 2.94. The van der Waals surface area contributed by atoms with Crippen LogP contribution in [0.25, 0.3) is 0 Å². The maximum Gasteiger partial charge on any atom is 0.459 e. The third kappa shape index (κ3) is 5.00. The molecule has 0 aliphatic rings. The SMILES string of the molecule is C=C(OC(F)(F)Br)C(F)(F)F. The summed E-state index contributed by atoms with van der Waals surface area (Å²) in [6.07, 6.45) is -4.96. The molecule has 0 amide bonds. The van der Waals surface area contributed by atoms with Crippen molar-refractivity contribution in [3.05, 3.63) is 12.3 Å². The minimum absolute atomic E-state index is 1.56. The molecule has 0 aliphatic carbocycles. The van der Waals surface area contributed by atoms with Gasteiger partial charge in [-0.2, -0.15) is 22.0 Å². The molecule has 0 unspecified atom stereocenters. The van der Waals surface area contributed by atoms with E-state index in [0.29, 0.717) is 0 Å². The van der Waals surface area contributed by atoms with Gasteiger partial charge >= 0.3 is 11.2 Å². The van der Waals surface area contributed by atoms with Crippen molar-refractivity contribution >= 4 is 15.9 Å². The zero-order chi connectivity index (χ0) is 9.28. The van der Waals surface area contributed by atoms with E-state index in [4.69, 9.17) is 0 Å². The summed E-state index contributed by atoms with van der Waals surface area (Å²) < 4.78 is 60.5. The zero-order valence-corrected chi connectivity index (χ0v) is 6.47. The third-order valence-electron chi connectivity index (χ3n) is 0.555. The van der Waals surface area contributed by atoms with Gasteiger partial charge in [0.25, 0.3) is 0 Å². The number of hydrogen-bond donors (Lipinski definition) is 0. The summed E-state index contributed by atoms with van der Waals surface area (Å²) in [6, 6.07) is 0. The second kappa shape index (κ2) is 2.96. The van der Waals surface area contributed by atoms with Gasteiger partial charge in [-0.25, -0.2) is 0 Å². The predicted octanol–water partition coefficient (Wildman–Crippen LogP) is 3.02. The van der Waals surface area contributed by atoms with Crippen molar-refractivity contribution in [3.8, 4) is 0 Å². The van der Waals surface area contributed by atoms with Crippen LogP contribution in [0.1, 0.15) is 0 Å². The van der Waals surface area contributed by atoms with Gasteiger partial charge in [-0.05, 0) is 0 Å². The van der Waals surface area contributed by atoms with Gasteiger partial charge in [0.2, 0.25) is 5.76 Å². The highest BCUT2D eigenvalue weighted by Crippen LogP contribution is 2.33. The second-order valence-corrected chi connectivity index (χ2v) is 2.39. The molecule has 7 heteroatoms. The average molecular weight is 241 g/mol. The molecule has 0 N–H and O–H groups in total. The van der Waals surface area contributed by atoms with Gasteiger partial charge in [-0.15, -0.1) is 0 Å². The largest absolute Gasteiger partial charge is 0.459 e. The average Bonchev–Trinajstić information content (AvgIpc) is 1.56. The molecule has 0 saturated heterocycles. The molecule has 0 aromatic carbocycles. The Labute approximate surface area is 67.0 Å². The van der Waals surface area contributed by atoms with Crippen LogP contribution in [0, 0.1) is 0 Å². The van der Waals surface area contributed by atoms with Crippen molar-refractivity contribution in [2.75, 3.05) is 0 Å². The summed E-state index contributed by atoms with van der Waals surface area (Å²) in [7, 11) is 0. The number of ether oxygens (including phenoxy) is 1. The van der Waals surface area contributed by atoms with E-state index in [2.05, 4.69) is 11.3 Å². The Morgan fingerprint density at radius 3 is 1.64 bits per heavy atom. The Balaban J connectivity index is 4.11. The van der Waals surface area contributed by atoms with Gasteiger partial charge < -0.3 is 4.74 Å². The Hall–Kier alpha value is -0.330. The molecule has 0 heterocycles. The fourth-order valence-corrected chi connectivity index (χ4v) is 0.393. The first-order valence-electron chi connectivity index (χ1n) is 2.15. The van der Waals surface area contributed by atoms with Gasteiger partial charge in [-0.3, -0.25) is 0 Å². The maximum absolute atomic E-state index is 11.6. The molecule has 0 spiro atoms. The minimum atomic E-state index is -4.96. The molecule has 0 aromatic heterocycles. The Bertz CT molecular complexity index is 157. The van der Waals surface area contributed by atoms with Crippen molar-refractivity contribution in [1.29, 1.82) is 0 Å². The van der Waals surface area contributed by atoms with Crippen molar-refractivity contribution < 1.29 is 26.7 Å². The topological polar surface area (TPSA) is 9.23 Å². The summed E-state index contributed by atoms with van der Waals surface area (Å²) in [6.45, 7) is 2.25. The molecule has 0 saturated carbocycles. The normalized spacial score (nSPS) is 12.9. The number of rotatable bonds is 2. The van der Waals surface area contributed by atoms with Crippen molar-refractivity contribution in [2.24, 2.45) is 0 Å². The maximum atomic E-state index is 11.6. The first kappa shape index (κ1) is 10.7. The quantitative estimate of drug-likeness (QED) is 0.410. The van der Waals surface area contributed by atoms with Gasteiger partial charge in [0.1, 0.15) is 0 Å². The van der Waals surface area contributed by atoms with Crippen molar-refractivity contribution in [2.45, 2.75) is 11.2 Å². The van der Waals surface area contributed by atoms with E-state index in [0.717, 1.165) is 0 Å². The van der Waals surface area contributed by atoms with Gasteiger partial charge in [-0.1, -0.05) is 6.58 Å². The standard InChI is InChI=1S/C4H2BrF5O/c1-2(3(6,7)8)11-4(5,9)10/h1H2.